The molecular formula is C16H28N2O2. The van der Waals surface area contributed by atoms with Crippen LogP contribution in [-0.2, 0) is 9.59 Å². The van der Waals surface area contributed by atoms with Crippen molar-refractivity contribution >= 4 is 11.8 Å². The molecule has 2 amide bonds. The zero-order chi connectivity index (χ0) is 14.8. The van der Waals surface area contributed by atoms with Gasteiger partial charge in [0.1, 0.15) is 11.6 Å². The normalized spacial score (nSPS) is 26.2. The summed E-state index contributed by atoms with van der Waals surface area (Å²) in [6.45, 7) is 6.98. The van der Waals surface area contributed by atoms with Crippen LogP contribution in [0.15, 0.2) is 0 Å². The first kappa shape index (κ1) is 15.3. The number of amides is 2. The van der Waals surface area contributed by atoms with Crippen LogP contribution >= 0.6 is 0 Å². The Kier molecular flexibility index (Phi) is 4.71. The van der Waals surface area contributed by atoms with E-state index in [0.29, 0.717) is 12.5 Å². The second-order valence-corrected chi connectivity index (χ2v) is 6.78. The zero-order valence-electron chi connectivity index (χ0n) is 13.1. The molecule has 1 aliphatic heterocycles. The van der Waals surface area contributed by atoms with Gasteiger partial charge in [-0.05, 0) is 31.6 Å². The van der Waals surface area contributed by atoms with E-state index in [2.05, 4.69) is 26.1 Å². The van der Waals surface area contributed by atoms with Crippen LogP contribution in [-0.4, -0.2) is 34.8 Å². The lowest BCUT2D eigenvalue weighted by Crippen LogP contribution is -2.71. The number of nitrogens with one attached hydrogen (secondary N) is 1. The summed E-state index contributed by atoms with van der Waals surface area (Å²) in [5.74, 6) is 0.649. The molecule has 114 valence electrons. The molecule has 1 saturated heterocycles. The third kappa shape index (κ3) is 2.84. The average molecular weight is 280 g/mol. The van der Waals surface area contributed by atoms with E-state index < -0.39 is 5.54 Å². The number of hydrogen-bond acceptors (Lipinski definition) is 2. The fraction of sp³-hybridized carbons (Fsp3) is 0.875. The van der Waals surface area contributed by atoms with E-state index in [1.54, 1.807) is 0 Å². The van der Waals surface area contributed by atoms with Gasteiger partial charge in [0, 0.05) is 6.54 Å². The Morgan fingerprint density at radius 2 is 1.90 bits per heavy atom. The summed E-state index contributed by atoms with van der Waals surface area (Å²) in [7, 11) is 0. The van der Waals surface area contributed by atoms with Gasteiger partial charge in [0.15, 0.2) is 0 Å². The van der Waals surface area contributed by atoms with Gasteiger partial charge in [0.05, 0.1) is 0 Å². The van der Waals surface area contributed by atoms with Crippen LogP contribution in [0, 0.1) is 5.92 Å². The van der Waals surface area contributed by atoms with Gasteiger partial charge < -0.3 is 10.2 Å². The molecule has 20 heavy (non-hydrogen) atoms. The summed E-state index contributed by atoms with van der Waals surface area (Å²) in [5, 5.41) is 3.10. The van der Waals surface area contributed by atoms with E-state index in [9.17, 15) is 9.59 Å². The van der Waals surface area contributed by atoms with Crippen LogP contribution in [0.1, 0.15) is 65.7 Å². The Morgan fingerprint density at radius 1 is 1.25 bits per heavy atom. The maximum Gasteiger partial charge on any atom is 0.249 e. The van der Waals surface area contributed by atoms with Crippen molar-refractivity contribution in [3.63, 3.8) is 0 Å². The molecule has 2 aliphatic rings. The summed E-state index contributed by atoms with van der Waals surface area (Å²) in [5.41, 5.74) is -0.585. The first-order chi connectivity index (χ1) is 9.50. The van der Waals surface area contributed by atoms with E-state index in [1.165, 1.54) is 6.42 Å². The number of rotatable bonds is 4. The molecule has 1 atom stereocenters. The van der Waals surface area contributed by atoms with Gasteiger partial charge >= 0.3 is 0 Å². The molecule has 0 radical (unpaired) electrons. The molecule has 4 heteroatoms. The third-order valence-corrected chi connectivity index (χ3v) is 4.58. The van der Waals surface area contributed by atoms with E-state index in [4.69, 9.17) is 0 Å². The zero-order valence-corrected chi connectivity index (χ0v) is 13.1. The summed E-state index contributed by atoms with van der Waals surface area (Å²) in [6, 6.07) is -0.269. The Balaban J connectivity index is 2.23. The van der Waals surface area contributed by atoms with E-state index in [-0.39, 0.29) is 17.9 Å². The second-order valence-electron chi connectivity index (χ2n) is 6.78. The molecule has 4 nitrogen and oxygen atoms in total. The fourth-order valence-electron chi connectivity index (χ4n) is 3.60. The van der Waals surface area contributed by atoms with Crippen LogP contribution < -0.4 is 5.32 Å². The molecular weight excluding hydrogens is 252 g/mol. The summed E-state index contributed by atoms with van der Waals surface area (Å²) >= 11 is 0. The van der Waals surface area contributed by atoms with Crippen molar-refractivity contribution in [2.45, 2.75) is 77.3 Å². The van der Waals surface area contributed by atoms with Gasteiger partial charge in [-0.1, -0.05) is 40.0 Å². The van der Waals surface area contributed by atoms with Gasteiger partial charge in [-0.2, -0.15) is 0 Å². The SMILES string of the molecule is CCCN1C(=O)C2(CCCCC2)NC(=O)C1CC(C)C. The van der Waals surface area contributed by atoms with Crippen molar-refractivity contribution < 1.29 is 9.59 Å². The molecule has 1 aliphatic carbocycles. The third-order valence-electron chi connectivity index (χ3n) is 4.58. The van der Waals surface area contributed by atoms with Gasteiger partial charge in [-0.3, -0.25) is 9.59 Å². The van der Waals surface area contributed by atoms with Gasteiger partial charge in [0.2, 0.25) is 11.8 Å². The Morgan fingerprint density at radius 3 is 2.45 bits per heavy atom. The molecule has 0 aromatic carbocycles. The summed E-state index contributed by atoms with van der Waals surface area (Å²) in [6.07, 6.45) is 6.55. The van der Waals surface area contributed by atoms with Crippen molar-refractivity contribution in [3.05, 3.63) is 0 Å². The van der Waals surface area contributed by atoms with Crippen LogP contribution in [0.5, 0.6) is 0 Å². The molecule has 1 saturated carbocycles. The van der Waals surface area contributed by atoms with Crippen molar-refractivity contribution in [1.82, 2.24) is 10.2 Å². The highest BCUT2D eigenvalue weighted by Gasteiger charge is 2.50. The molecule has 0 bridgehead atoms. The molecule has 1 unspecified atom stereocenters. The average Bonchev–Trinajstić information content (AvgIpc) is 2.41. The molecule has 0 aromatic rings. The van der Waals surface area contributed by atoms with E-state index >= 15 is 0 Å². The summed E-state index contributed by atoms with van der Waals surface area (Å²) in [4.78, 5) is 27.3. The van der Waals surface area contributed by atoms with Gasteiger partial charge in [-0.15, -0.1) is 0 Å². The number of piperazine rings is 1. The number of carbonyl (C=O) groups excluding carboxylic acids is 2. The summed E-state index contributed by atoms with van der Waals surface area (Å²) < 4.78 is 0. The monoisotopic (exact) mass is 280 g/mol. The Bertz CT molecular complexity index is 373. The van der Waals surface area contributed by atoms with Gasteiger partial charge in [0.25, 0.3) is 0 Å². The minimum atomic E-state index is -0.585. The number of hydrogen-bond donors (Lipinski definition) is 1. The first-order valence-corrected chi connectivity index (χ1v) is 8.13. The highest BCUT2D eigenvalue weighted by atomic mass is 16.2. The van der Waals surface area contributed by atoms with E-state index in [0.717, 1.165) is 38.5 Å². The van der Waals surface area contributed by atoms with E-state index in [1.807, 2.05) is 4.90 Å². The number of carbonyl (C=O) groups is 2. The molecule has 0 aromatic heterocycles. The van der Waals surface area contributed by atoms with Crippen LogP contribution in [0.2, 0.25) is 0 Å². The lowest BCUT2D eigenvalue weighted by molar-refractivity contribution is -0.157. The van der Waals surface area contributed by atoms with Crippen molar-refractivity contribution in [2.75, 3.05) is 6.54 Å². The maximum atomic E-state index is 12.9. The molecule has 1 N–H and O–H groups in total. The molecule has 2 rings (SSSR count). The standard InChI is InChI=1S/C16H28N2O2/c1-4-10-18-13(11-12(2)3)14(19)17-16(15(18)20)8-6-5-7-9-16/h12-13H,4-11H2,1-3H3,(H,17,19). The maximum absolute atomic E-state index is 12.9. The van der Waals surface area contributed by atoms with Crippen molar-refractivity contribution in [1.29, 1.82) is 0 Å². The van der Waals surface area contributed by atoms with Crippen LogP contribution in [0.3, 0.4) is 0 Å². The lowest BCUT2D eigenvalue weighted by Gasteiger charge is -2.48. The highest BCUT2D eigenvalue weighted by molar-refractivity contribution is 5.99. The molecule has 1 spiro atoms. The molecule has 1 heterocycles. The Labute approximate surface area is 122 Å². The van der Waals surface area contributed by atoms with Crippen LogP contribution in [0.4, 0.5) is 0 Å². The first-order valence-electron chi connectivity index (χ1n) is 8.13. The highest BCUT2D eigenvalue weighted by Crippen LogP contribution is 2.34. The fourth-order valence-corrected chi connectivity index (χ4v) is 3.60. The quantitative estimate of drug-likeness (QED) is 0.860. The lowest BCUT2D eigenvalue weighted by atomic mass is 9.78. The van der Waals surface area contributed by atoms with Crippen molar-refractivity contribution in [2.24, 2.45) is 5.92 Å². The van der Waals surface area contributed by atoms with Crippen molar-refractivity contribution in [3.8, 4) is 0 Å². The predicted octanol–water partition coefficient (Wildman–Crippen LogP) is 2.47. The smallest absolute Gasteiger partial charge is 0.249 e. The minimum absolute atomic E-state index is 0.0636. The van der Waals surface area contributed by atoms with Gasteiger partial charge in [-0.25, -0.2) is 0 Å². The topological polar surface area (TPSA) is 49.4 Å². The van der Waals surface area contributed by atoms with Crippen LogP contribution in [0.25, 0.3) is 0 Å². The largest absolute Gasteiger partial charge is 0.340 e. The predicted molar refractivity (Wildman–Crippen MR) is 79.2 cm³/mol. The Hall–Kier alpha value is -1.06. The number of nitrogens with zero attached hydrogens (tertiary/aromatic N) is 1. The minimum Gasteiger partial charge on any atom is -0.340 e. The molecule has 2 fully saturated rings. The second kappa shape index (κ2) is 6.15.